The highest BCUT2D eigenvalue weighted by Gasteiger charge is 2.15. The Balaban J connectivity index is 2.55. The van der Waals surface area contributed by atoms with Crippen molar-refractivity contribution in [2.45, 2.75) is 26.8 Å². The Labute approximate surface area is 109 Å². The van der Waals surface area contributed by atoms with Gasteiger partial charge in [-0.05, 0) is 55.5 Å². The molecule has 0 fully saturated rings. The molecule has 0 radical (unpaired) electrons. The molecule has 0 aliphatic heterocycles. The SMILES string of the molecule is Cc1c(I)c(-c2cccnc2)nn1C(C)C. The Bertz CT molecular complexity index is 488. The molecule has 2 aromatic rings. The Kier molecular flexibility index (Phi) is 3.28. The van der Waals surface area contributed by atoms with Gasteiger partial charge >= 0.3 is 0 Å². The molecule has 0 atom stereocenters. The summed E-state index contributed by atoms with van der Waals surface area (Å²) in [4.78, 5) is 4.13. The van der Waals surface area contributed by atoms with E-state index in [2.05, 4.69) is 58.1 Å². The molecule has 0 amide bonds. The topological polar surface area (TPSA) is 30.7 Å². The second-order valence-corrected chi connectivity index (χ2v) is 5.11. The highest BCUT2D eigenvalue weighted by atomic mass is 127. The third-order valence-corrected chi connectivity index (χ3v) is 3.79. The minimum atomic E-state index is 0.388. The molecule has 84 valence electrons. The van der Waals surface area contributed by atoms with Gasteiger partial charge in [0.05, 0.1) is 3.57 Å². The van der Waals surface area contributed by atoms with E-state index in [0.717, 1.165) is 11.3 Å². The number of hydrogen-bond donors (Lipinski definition) is 0. The van der Waals surface area contributed by atoms with E-state index in [9.17, 15) is 0 Å². The molecular formula is C12H14IN3. The van der Waals surface area contributed by atoms with E-state index in [1.807, 2.05) is 18.3 Å². The average Bonchev–Trinajstić information content (AvgIpc) is 2.58. The maximum Gasteiger partial charge on any atom is 0.107 e. The van der Waals surface area contributed by atoms with Gasteiger partial charge in [0.25, 0.3) is 0 Å². The fourth-order valence-electron chi connectivity index (χ4n) is 1.69. The minimum Gasteiger partial charge on any atom is -0.266 e. The molecule has 0 aliphatic rings. The normalized spacial score (nSPS) is 11.1. The first-order valence-corrected chi connectivity index (χ1v) is 6.34. The Morgan fingerprint density at radius 2 is 2.12 bits per heavy atom. The van der Waals surface area contributed by atoms with Crippen molar-refractivity contribution in [2.24, 2.45) is 0 Å². The number of hydrogen-bond acceptors (Lipinski definition) is 2. The lowest BCUT2D eigenvalue weighted by molar-refractivity contribution is 0.520. The monoisotopic (exact) mass is 327 g/mol. The van der Waals surface area contributed by atoms with Gasteiger partial charge in [-0.3, -0.25) is 9.67 Å². The lowest BCUT2D eigenvalue weighted by Crippen LogP contribution is -2.04. The lowest BCUT2D eigenvalue weighted by atomic mass is 10.2. The summed E-state index contributed by atoms with van der Waals surface area (Å²) < 4.78 is 3.27. The molecule has 0 bridgehead atoms. The highest BCUT2D eigenvalue weighted by Crippen LogP contribution is 2.27. The van der Waals surface area contributed by atoms with E-state index in [4.69, 9.17) is 0 Å². The Morgan fingerprint density at radius 3 is 2.62 bits per heavy atom. The van der Waals surface area contributed by atoms with Gasteiger partial charge in [-0.1, -0.05) is 0 Å². The first-order valence-electron chi connectivity index (χ1n) is 5.26. The maximum atomic E-state index is 4.65. The van der Waals surface area contributed by atoms with Gasteiger partial charge in [-0.25, -0.2) is 0 Å². The number of pyridine rings is 1. The van der Waals surface area contributed by atoms with Crippen molar-refractivity contribution in [3.63, 3.8) is 0 Å². The molecule has 2 aromatic heterocycles. The van der Waals surface area contributed by atoms with Gasteiger partial charge in [-0.2, -0.15) is 5.10 Å². The van der Waals surface area contributed by atoms with E-state index in [-0.39, 0.29) is 0 Å². The van der Waals surface area contributed by atoms with Crippen LogP contribution in [0.3, 0.4) is 0 Å². The summed E-state index contributed by atoms with van der Waals surface area (Å²) in [5.74, 6) is 0. The van der Waals surface area contributed by atoms with Gasteiger partial charge < -0.3 is 0 Å². The molecule has 0 saturated carbocycles. The largest absolute Gasteiger partial charge is 0.266 e. The first kappa shape index (κ1) is 11.6. The summed E-state index contributed by atoms with van der Waals surface area (Å²) in [6.07, 6.45) is 3.64. The minimum absolute atomic E-state index is 0.388. The van der Waals surface area contributed by atoms with Crippen molar-refractivity contribution >= 4 is 22.6 Å². The zero-order chi connectivity index (χ0) is 11.7. The number of nitrogens with zero attached hydrogens (tertiary/aromatic N) is 3. The second kappa shape index (κ2) is 4.53. The quantitative estimate of drug-likeness (QED) is 0.791. The van der Waals surface area contributed by atoms with Crippen LogP contribution in [-0.2, 0) is 0 Å². The summed E-state index contributed by atoms with van der Waals surface area (Å²) in [5.41, 5.74) is 3.32. The van der Waals surface area contributed by atoms with Crippen LogP contribution in [0.4, 0.5) is 0 Å². The zero-order valence-electron chi connectivity index (χ0n) is 9.61. The lowest BCUT2D eigenvalue weighted by Gasteiger charge is -2.07. The molecule has 0 N–H and O–H groups in total. The number of halogens is 1. The predicted octanol–water partition coefficient (Wildman–Crippen LogP) is 3.44. The van der Waals surface area contributed by atoms with Crippen LogP contribution < -0.4 is 0 Å². The van der Waals surface area contributed by atoms with Crippen molar-refractivity contribution in [1.29, 1.82) is 0 Å². The van der Waals surface area contributed by atoms with Crippen LogP contribution in [0.2, 0.25) is 0 Å². The van der Waals surface area contributed by atoms with Crippen molar-refractivity contribution in [3.8, 4) is 11.3 Å². The van der Waals surface area contributed by atoms with Crippen LogP contribution >= 0.6 is 22.6 Å². The van der Waals surface area contributed by atoms with Crippen molar-refractivity contribution < 1.29 is 0 Å². The van der Waals surface area contributed by atoms with Crippen LogP contribution in [0.1, 0.15) is 25.6 Å². The zero-order valence-corrected chi connectivity index (χ0v) is 11.8. The molecule has 0 unspecified atom stereocenters. The number of rotatable bonds is 2. The average molecular weight is 327 g/mol. The standard InChI is InChI=1S/C12H14IN3/c1-8(2)16-9(3)11(13)12(15-16)10-5-4-6-14-7-10/h4-8H,1-3H3. The van der Waals surface area contributed by atoms with Crippen molar-refractivity contribution in [3.05, 3.63) is 33.8 Å². The third-order valence-electron chi connectivity index (χ3n) is 2.50. The van der Waals surface area contributed by atoms with E-state index in [0.29, 0.717) is 6.04 Å². The molecule has 0 saturated heterocycles. The summed E-state index contributed by atoms with van der Waals surface area (Å²) in [7, 11) is 0. The summed E-state index contributed by atoms with van der Waals surface area (Å²) >= 11 is 2.35. The van der Waals surface area contributed by atoms with Gasteiger partial charge in [0.15, 0.2) is 0 Å². The molecule has 4 heteroatoms. The maximum absolute atomic E-state index is 4.65. The Hall–Kier alpha value is -0.910. The van der Waals surface area contributed by atoms with Gasteiger partial charge in [0, 0.05) is 29.7 Å². The van der Waals surface area contributed by atoms with Gasteiger partial charge in [0.1, 0.15) is 5.69 Å². The van der Waals surface area contributed by atoms with Crippen molar-refractivity contribution in [1.82, 2.24) is 14.8 Å². The van der Waals surface area contributed by atoms with Gasteiger partial charge in [0.2, 0.25) is 0 Å². The summed E-state index contributed by atoms with van der Waals surface area (Å²) in [6, 6.07) is 4.37. The predicted molar refractivity (Wildman–Crippen MR) is 73.3 cm³/mol. The third kappa shape index (κ3) is 1.98. The van der Waals surface area contributed by atoms with Crippen LogP contribution in [0.5, 0.6) is 0 Å². The van der Waals surface area contributed by atoms with Crippen LogP contribution in [0, 0.1) is 10.5 Å². The molecular weight excluding hydrogens is 313 g/mol. The first-order chi connectivity index (χ1) is 7.61. The Morgan fingerprint density at radius 1 is 1.38 bits per heavy atom. The van der Waals surface area contributed by atoms with Crippen molar-refractivity contribution in [2.75, 3.05) is 0 Å². The summed E-state index contributed by atoms with van der Waals surface area (Å²) in [5, 5.41) is 4.65. The second-order valence-electron chi connectivity index (χ2n) is 4.03. The molecule has 0 aliphatic carbocycles. The van der Waals surface area contributed by atoms with E-state index in [1.165, 1.54) is 9.26 Å². The van der Waals surface area contributed by atoms with E-state index < -0.39 is 0 Å². The number of aromatic nitrogens is 3. The molecule has 0 spiro atoms. The fourth-order valence-corrected chi connectivity index (χ4v) is 2.36. The molecule has 2 heterocycles. The highest BCUT2D eigenvalue weighted by molar-refractivity contribution is 14.1. The van der Waals surface area contributed by atoms with Crippen LogP contribution in [0.15, 0.2) is 24.5 Å². The van der Waals surface area contributed by atoms with Crippen LogP contribution in [-0.4, -0.2) is 14.8 Å². The van der Waals surface area contributed by atoms with Crippen LogP contribution in [0.25, 0.3) is 11.3 Å². The molecule has 0 aromatic carbocycles. The molecule has 2 rings (SSSR count). The molecule has 3 nitrogen and oxygen atoms in total. The summed E-state index contributed by atoms with van der Waals surface area (Å²) in [6.45, 7) is 6.39. The fraction of sp³-hybridized carbons (Fsp3) is 0.333. The van der Waals surface area contributed by atoms with E-state index >= 15 is 0 Å². The van der Waals surface area contributed by atoms with Gasteiger partial charge in [-0.15, -0.1) is 0 Å². The molecule has 16 heavy (non-hydrogen) atoms. The van der Waals surface area contributed by atoms with E-state index in [1.54, 1.807) is 6.20 Å². The smallest absolute Gasteiger partial charge is 0.107 e.